The van der Waals surface area contributed by atoms with Crippen molar-refractivity contribution in [1.29, 1.82) is 0 Å². The Labute approximate surface area is 131 Å². The number of aromatic nitrogens is 2. The third-order valence-electron chi connectivity index (χ3n) is 3.83. The van der Waals surface area contributed by atoms with Gasteiger partial charge in [-0.2, -0.15) is 5.10 Å². The van der Waals surface area contributed by atoms with Crippen LogP contribution in [0.5, 0.6) is 0 Å². The highest BCUT2D eigenvalue weighted by atomic mass is 16.3. The van der Waals surface area contributed by atoms with Crippen LogP contribution in [0.4, 0.5) is 0 Å². The second kappa shape index (κ2) is 7.09. The maximum absolute atomic E-state index is 5.50. The smallest absolute Gasteiger partial charge is 0.117 e. The first kappa shape index (κ1) is 14.6. The second-order valence-electron chi connectivity index (χ2n) is 5.47. The number of benzene rings is 1. The van der Waals surface area contributed by atoms with Gasteiger partial charge in [0, 0.05) is 26.3 Å². The maximum atomic E-state index is 5.50. The Hall–Kier alpha value is -2.33. The SMILES string of the molecule is Cn1nccc1CN(CCc1ccccc1)Cc1ccco1. The number of nitrogens with zero attached hydrogens (tertiary/aromatic N) is 3. The molecular formula is C18H21N3O. The van der Waals surface area contributed by atoms with Gasteiger partial charge in [0.2, 0.25) is 0 Å². The fourth-order valence-corrected chi connectivity index (χ4v) is 2.55. The van der Waals surface area contributed by atoms with Gasteiger partial charge in [-0.15, -0.1) is 0 Å². The molecule has 4 heteroatoms. The highest BCUT2D eigenvalue weighted by molar-refractivity contribution is 5.15. The number of rotatable bonds is 7. The molecule has 0 spiro atoms. The highest BCUT2D eigenvalue weighted by Crippen LogP contribution is 2.11. The summed E-state index contributed by atoms with van der Waals surface area (Å²) in [4.78, 5) is 2.39. The molecule has 0 amide bonds. The van der Waals surface area contributed by atoms with Gasteiger partial charge in [-0.25, -0.2) is 0 Å². The van der Waals surface area contributed by atoms with Gasteiger partial charge >= 0.3 is 0 Å². The van der Waals surface area contributed by atoms with Crippen molar-refractivity contribution in [2.45, 2.75) is 19.5 Å². The lowest BCUT2D eigenvalue weighted by Crippen LogP contribution is -2.26. The summed E-state index contributed by atoms with van der Waals surface area (Å²) in [6, 6.07) is 16.6. The molecule has 3 aromatic rings. The largest absolute Gasteiger partial charge is 0.468 e. The Morgan fingerprint density at radius 1 is 1.05 bits per heavy atom. The molecule has 4 nitrogen and oxygen atoms in total. The van der Waals surface area contributed by atoms with E-state index in [1.54, 1.807) is 6.26 Å². The monoisotopic (exact) mass is 295 g/mol. The number of hydrogen-bond acceptors (Lipinski definition) is 3. The van der Waals surface area contributed by atoms with Crippen molar-refractivity contribution in [2.24, 2.45) is 7.05 Å². The van der Waals surface area contributed by atoms with Gasteiger partial charge in [-0.1, -0.05) is 30.3 Å². The van der Waals surface area contributed by atoms with Gasteiger partial charge < -0.3 is 4.42 Å². The van der Waals surface area contributed by atoms with E-state index in [1.807, 2.05) is 30.1 Å². The number of furan rings is 1. The second-order valence-corrected chi connectivity index (χ2v) is 5.47. The molecule has 2 aromatic heterocycles. The lowest BCUT2D eigenvalue weighted by atomic mass is 10.1. The minimum Gasteiger partial charge on any atom is -0.468 e. The van der Waals surface area contributed by atoms with Crippen LogP contribution in [0.15, 0.2) is 65.4 Å². The predicted molar refractivity (Wildman–Crippen MR) is 86.2 cm³/mol. The summed E-state index contributed by atoms with van der Waals surface area (Å²) in [7, 11) is 1.98. The molecule has 0 atom stereocenters. The van der Waals surface area contributed by atoms with E-state index in [0.717, 1.165) is 31.8 Å². The third kappa shape index (κ3) is 3.86. The lowest BCUT2D eigenvalue weighted by molar-refractivity contribution is 0.232. The zero-order valence-electron chi connectivity index (χ0n) is 12.9. The summed E-state index contributed by atoms with van der Waals surface area (Å²) >= 11 is 0. The first-order valence-corrected chi connectivity index (χ1v) is 7.57. The topological polar surface area (TPSA) is 34.2 Å². The fraction of sp³-hybridized carbons (Fsp3) is 0.278. The summed E-state index contributed by atoms with van der Waals surface area (Å²) in [6.07, 6.45) is 4.60. The molecule has 0 N–H and O–H groups in total. The van der Waals surface area contributed by atoms with Gasteiger partial charge in [-0.3, -0.25) is 9.58 Å². The van der Waals surface area contributed by atoms with Crippen molar-refractivity contribution in [3.63, 3.8) is 0 Å². The van der Waals surface area contributed by atoms with E-state index in [1.165, 1.54) is 11.3 Å². The van der Waals surface area contributed by atoms with Gasteiger partial charge in [0.05, 0.1) is 18.5 Å². The maximum Gasteiger partial charge on any atom is 0.117 e. The van der Waals surface area contributed by atoms with Crippen molar-refractivity contribution in [1.82, 2.24) is 14.7 Å². The van der Waals surface area contributed by atoms with Crippen LogP contribution in [0.3, 0.4) is 0 Å². The van der Waals surface area contributed by atoms with Crippen molar-refractivity contribution >= 4 is 0 Å². The van der Waals surface area contributed by atoms with E-state index < -0.39 is 0 Å². The molecule has 22 heavy (non-hydrogen) atoms. The third-order valence-corrected chi connectivity index (χ3v) is 3.83. The molecule has 0 aliphatic carbocycles. The zero-order chi connectivity index (χ0) is 15.2. The van der Waals surface area contributed by atoms with E-state index in [-0.39, 0.29) is 0 Å². The van der Waals surface area contributed by atoms with E-state index in [9.17, 15) is 0 Å². The Bertz CT molecular complexity index is 673. The minimum absolute atomic E-state index is 0.811. The van der Waals surface area contributed by atoms with Crippen molar-refractivity contribution in [2.75, 3.05) is 6.54 Å². The van der Waals surface area contributed by atoms with E-state index in [0.29, 0.717) is 0 Å². The van der Waals surface area contributed by atoms with E-state index >= 15 is 0 Å². The molecule has 1 aromatic carbocycles. The van der Waals surface area contributed by atoms with Crippen LogP contribution in [0.1, 0.15) is 17.0 Å². The van der Waals surface area contributed by atoms with Crippen molar-refractivity contribution < 1.29 is 4.42 Å². The first-order chi connectivity index (χ1) is 10.8. The molecular weight excluding hydrogens is 274 g/mol. The Morgan fingerprint density at radius 2 is 1.91 bits per heavy atom. The van der Waals surface area contributed by atoms with E-state index in [4.69, 9.17) is 4.42 Å². The average Bonchev–Trinajstić information content (AvgIpc) is 3.18. The molecule has 114 valence electrons. The Balaban J connectivity index is 1.66. The molecule has 0 unspecified atom stereocenters. The standard InChI is InChI=1S/C18H21N3O/c1-20-17(9-11-19-20)14-21(15-18-8-5-13-22-18)12-10-16-6-3-2-4-7-16/h2-9,11,13H,10,12,14-15H2,1H3. The molecule has 0 saturated carbocycles. The fourth-order valence-electron chi connectivity index (χ4n) is 2.55. The predicted octanol–water partition coefficient (Wildman–Crippen LogP) is 3.26. The summed E-state index contributed by atoms with van der Waals surface area (Å²) in [5, 5.41) is 4.25. The number of aryl methyl sites for hydroxylation is 1. The van der Waals surface area contributed by atoms with Crippen molar-refractivity contribution in [3.05, 3.63) is 78.0 Å². The van der Waals surface area contributed by atoms with Crippen molar-refractivity contribution in [3.8, 4) is 0 Å². The molecule has 0 fully saturated rings. The normalized spacial score (nSPS) is 11.2. The Morgan fingerprint density at radius 3 is 2.59 bits per heavy atom. The molecule has 0 aliphatic heterocycles. The van der Waals surface area contributed by atoms with E-state index in [2.05, 4.69) is 46.4 Å². The highest BCUT2D eigenvalue weighted by Gasteiger charge is 2.11. The molecule has 0 radical (unpaired) electrons. The van der Waals surface area contributed by atoms with Crippen LogP contribution in [0.25, 0.3) is 0 Å². The summed E-state index contributed by atoms with van der Waals surface area (Å²) in [5.41, 5.74) is 2.57. The molecule has 0 saturated heterocycles. The van der Waals surface area contributed by atoms with Crippen LogP contribution in [-0.2, 0) is 26.6 Å². The average molecular weight is 295 g/mol. The summed E-state index contributed by atoms with van der Waals surface area (Å²) in [6.45, 7) is 2.66. The van der Waals surface area contributed by atoms with Gasteiger partial charge in [0.1, 0.15) is 5.76 Å². The summed E-state index contributed by atoms with van der Waals surface area (Å²) < 4.78 is 7.43. The number of hydrogen-bond donors (Lipinski definition) is 0. The van der Waals surface area contributed by atoms with Crippen LogP contribution in [0, 0.1) is 0 Å². The van der Waals surface area contributed by atoms with Gasteiger partial charge in [0.25, 0.3) is 0 Å². The van der Waals surface area contributed by atoms with Crippen LogP contribution < -0.4 is 0 Å². The molecule has 2 heterocycles. The first-order valence-electron chi connectivity index (χ1n) is 7.57. The molecule has 3 rings (SSSR count). The molecule has 0 bridgehead atoms. The van der Waals surface area contributed by atoms with Crippen LogP contribution >= 0.6 is 0 Å². The zero-order valence-corrected chi connectivity index (χ0v) is 12.9. The van der Waals surface area contributed by atoms with Gasteiger partial charge in [-0.05, 0) is 30.2 Å². The van der Waals surface area contributed by atoms with Crippen LogP contribution in [0.2, 0.25) is 0 Å². The molecule has 0 aliphatic rings. The van der Waals surface area contributed by atoms with Gasteiger partial charge in [0.15, 0.2) is 0 Å². The Kier molecular flexibility index (Phi) is 4.71. The summed E-state index contributed by atoms with van der Waals surface area (Å²) in [5.74, 6) is 0.996. The lowest BCUT2D eigenvalue weighted by Gasteiger charge is -2.21. The quantitative estimate of drug-likeness (QED) is 0.671. The minimum atomic E-state index is 0.811. The van der Waals surface area contributed by atoms with Crippen LogP contribution in [-0.4, -0.2) is 21.2 Å².